The van der Waals surface area contributed by atoms with E-state index in [4.69, 9.17) is 5.11 Å². The summed E-state index contributed by atoms with van der Waals surface area (Å²) in [5, 5.41) is 13.9. The van der Waals surface area contributed by atoms with Gasteiger partial charge in [-0.15, -0.1) is 0 Å². The zero-order chi connectivity index (χ0) is 11.0. The molecule has 0 spiro atoms. The SMILES string of the molecule is CC(C)C(=O)CNCCNCC(=O)O. The van der Waals surface area contributed by atoms with Crippen molar-refractivity contribution in [3.8, 4) is 0 Å². The minimum absolute atomic E-state index is 0.0419. The summed E-state index contributed by atoms with van der Waals surface area (Å²) in [4.78, 5) is 21.2. The highest BCUT2D eigenvalue weighted by molar-refractivity contribution is 5.82. The highest BCUT2D eigenvalue weighted by Gasteiger charge is 2.05. The Labute approximate surface area is 83.9 Å². The third-order valence-electron chi connectivity index (χ3n) is 1.70. The molecule has 0 aromatic carbocycles. The Balaban J connectivity index is 3.22. The smallest absolute Gasteiger partial charge is 0.317 e. The predicted molar refractivity (Wildman–Crippen MR) is 53.2 cm³/mol. The number of carboxylic acid groups (broad SMARTS) is 1. The van der Waals surface area contributed by atoms with Crippen molar-refractivity contribution in [2.45, 2.75) is 13.8 Å². The van der Waals surface area contributed by atoms with Crippen LogP contribution in [-0.4, -0.2) is 43.0 Å². The van der Waals surface area contributed by atoms with Crippen LogP contribution in [0.15, 0.2) is 0 Å². The molecule has 14 heavy (non-hydrogen) atoms. The maximum Gasteiger partial charge on any atom is 0.317 e. The van der Waals surface area contributed by atoms with Crippen molar-refractivity contribution >= 4 is 11.8 Å². The van der Waals surface area contributed by atoms with Crippen LogP contribution in [0.4, 0.5) is 0 Å². The van der Waals surface area contributed by atoms with E-state index in [1.54, 1.807) is 0 Å². The van der Waals surface area contributed by atoms with E-state index in [-0.39, 0.29) is 18.2 Å². The second-order valence-corrected chi connectivity index (χ2v) is 3.37. The first-order chi connectivity index (χ1) is 6.54. The van der Waals surface area contributed by atoms with E-state index in [1.807, 2.05) is 13.8 Å². The first kappa shape index (κ1) is 13.1. The molecule has 0 radical (unpaired) electrons. The van der Waals surface area contributed by atoms with Crippen molar-refractivity contribution in [1.29, 1.82) is 0 Å². The molecule has 0 heterocycles. The largest absolute Gasteiger partial charge is 0.480 e. The molecule has 82 valence electrons. The van der Waals surface area contributed by atoms with Gasteiger partial charge in [-0.05, 0) is 0 Å². The summed E-state index contributed by atoms with van der Waals surface area (Å²) >= 11 is 0. The van der Waals surface area contributed by atoms with Crippen molar-refractivity contribution < 1.29 is 14.7 Å². The van der Waals surface area contributed by atoms with Gasteiger partial charge in [0, 0.05) is 19.0 Å². The average Bonchev–Trinajstić information content (AvgIpc) is 2.09. The Bertz CT molecular complexity index is 192. The maximum absolute atomic E-state index is 11.1. The number of carbonyl (C=O) groups is 2. The van der Waals surface area contributed by atoms with E-state index in [0.717, 1.165) is 0 Å². The van der Waals surface area contributed by atoms with Gasteiger partial charge in [0.15, 0.2) is 0 Å². The standard InChI is InChI=1S/C9H18N2O3/c1-7(2)8(12)5-10-3-4-11-6-9(13)14/h7,10-11H,3-6H2,1-2H3,(H,13,14). The van der Waals surface area contributed by atoms with Gasteiger partial charge < -0.3 is 15.7 Å². The molecule has 0 aromatic heterocycles. The summed E-state index contributed by atoms with van der Waals surface area (Å²) in [6.45, 7) is 5.18. The van der Waals surface area contributed by atoms with Gasteiger partial charge >= 0.3 is 5.97 Å². The quantitative estimate of drug-likeness (QED) is 0.461. The number of aliphatic carboxylic acids is 1. The normalized spacial score (nSPS) is 10.5. The molecule has 0 aromatic rings. The number of carboxylic acids is 1. The lowest BCUT2D eigenvalue weighted by atomic mass is 10.1. The van der Waals surface area contributed by atoms with E-state index in [0.29, 0.717) is 19.6 Å². The number of nitrogens with one attached hydrogen (secondary N) is 2. The van der Waals surface area contributed by atoms with Crippen molar-refractivity contribution in [3.05, 3.63) is 0 Å². The molecular formula is C9H18N2O3. The molecule has 5 nitrogen and oxygen atoms in total. The third kappa shape index (κ3) is 7.70. The van der Waals surface area contributed by atoms with Crippen LogP contribution < -0.4 is 10.6 Å². The van der Waals surface area contributed by atoms with Crippen molar-refractivity contribution in [1.82, 2.24) is 10.6 Å². The highest BCUT2D eigenvalue weighted by atomic mass is 16.4. The molecule has 3 N–H and O–H groups in total. The molecule has 0 saturated heterocycles. The van der Waals surface area contributed by atoms with E-state index in [1.165, 1.54) is 0 Å². The fourth-order valence-corrected chi connectivity index (χ4v) is 0.788. The van der Waals surface area contributed by atoms with Crippen LogP contribution in [0.5, 0.6) is 0 Å². The van der Waals surface area contributed by atoms with E-state index in [2.05, 4.69) is 10.6 Å². The summed E-state index contributed by atoms with van der Waals surface area (Å²) in [6.07, 6.45) is 0. The van der Waals surface area contributed by atoms with Gasteiger partial charge in [-0.25, -0.2) is 0 Å². The summed E-state index contributed by atoms with van der Waals surface area (Å²) < 4.78 is 0. The lowest BCUT2D eigenvalue weighted by Crippen LogP contribution is -2.34. The topological polar surface area (TPSA) is 78.4 Å². The number of hydrogen-bond donors (Lipinski definition) is 3. The van der Waals surface area contributed by atoms with Crippen molar-refractivity contribution in [3.63, 3.8) is 0 Å². The zero-order valence-corrected chi connectivity index (χ0v) is 8.67. The van der Waals surface area contributed by atoms with E-state index >= 15 is 0 Å². The molecule has 0 fully saturated rings. The number of Topliss-reactive ketones (excluding diaryl/α,β-unsaturated/α-hetero) is 1. The van der Waals surface area contributed by atoms with Crippen molar-refractivity contribution in [2.24, 2.45) is 5.92 Å². The monoisotopic (exact) mass is 202 g/mol. The van der Waals surface area contributed by atoms with Crippen LogP contribution in [0.3, 0.4) is 0 Å². The molecule has 0 rings (SSSR count). The summed E-state index contributed by atoms with van der Waals surface area (Å²) in [6, 6.07) is 0. The molecule has 5 heteroatoms. The number of rotatable bonds is 8. The van der Waals surface area contributed by atoms with Crippen LogP contribution in [0, 0.1) is 5.92 Å². The fourth-order valence-electron chi connectivity index (χ4n) is 0.788. The van der Waals surface area contributed by atoms with E-state index in [9.17, 15) is 9.59 Å². The van der Waals surface area contributed by atoms with Gasteiger partial charge in [-0.3, -0.25) is 9.59 Å². The number of hydrogen-bond acceptors (Lipinski definition) is 4. The van der Waals surface area contributed by atoms with Crippen LogP contribution in [0.25, 0.3) is 0 Å². The number of carbonyl (C=O) groups excluding carboxylic acids is 1. The van der Waals surface area contributed by atoms with Gasteiger partial charge in [-0.2, -0.15) is 0 Å². The molecule has 0 unspecified atom stereocenters. The molecular weight excluding hydrogens is 184 g/mol. The van der Waals surface area contributed by atoms with Gasteiger partial charge in [0.1, 0.15) is 5.78 Å². The Morgan fingerprint density at radius 1 is 1.14 bits per heavy atom. The lowest BCUT2D eigenvalue weighted by molar-refractivity contribution is -0.136. The molecule has 0 atom stereocenters. The second kappa shape index (κ2) is 7.46. The fraction of sp³-hybridized carbons (Fsp3) is 0.778. The third-order valence-corrected chi connectivity index (χ3v) is 1.70. The van der Waals surface area contributed by atoms with E-state index < -0.39 is 5.97 Å². The minimum Gasteiger partial charge on any atom is -0.480 e. The average molecular weight is 202 g/mol. The minimum atomic E-state index is -0.872. The summed E-state index contributed by atoms with van der Waals surface area (Å²) in [7, 11) is 0. The number of ketones is 1. The zero-order valence-electron chi connectivity index (χ0n) is 8.67. The summed E-state index contributed by atoms with van der Waals surface area (Å²) in [5.41, 5.74) is 0. The Morgan fingerprint density at radius 2 is 1.64 bits per heavy atom. The van der Waals surface area contributed by atoms with Gasteiger partial charge in [0.25, 0.3) is 0 Å². The van der Waals surface area contributed by atoms with Gasteiger partial charge in [0.2, 0.25) is 0 Å². The molecule has 0 amide bonds. The molecule has 0 aliphatic rings. The summed E-state index contributed by atoms with van der Waals surface area (Å²) in [5.74, 6) is -0.652. The first-order valence-corrected chi connectivity index (χ1v) is 4.70. The maximum atomic E-state index is 11.1. The second-order valence-electron chi connectivity index (χ2n) is 3.37. The molecule has 0 aliphatic heterocycles. The predicted octanol–water partition coefficient (Wildman–Crippen LogP) is -0.525. The Hall–Kier alpha value is -0.940. The highest BCUT2D eigenvalue weighted by Crippen LogP contribution is 1.91. The molecule has 0 saturated carbocycles. The van der Waals surface area contributed by atoms with Crippen LogP contribution in [0.1, 0.15) is 13.8 Å². The first-order valence-electron chi connectivity index (χ1n) is 4.70. The van der Waals surface area contributed by atoms with Gasteiger partial charge in [-0.1, -0.05) is 13.8 Å². The van der Waals surface area contributed by atoms with Crippen LogP contribution >= 0.6 is 0 Å². The Morgan fingerprint density at radius 3 is 2.07 bits per heavy atom. The lowest BCUT2D eigenvalue weighted by Gasteiger charge is -2.06. The molecule has 0 aliphatic carbocycles. The van der Waals surface area contributed by atoms with Gasteiger partial charge in [0.05, 0.1) is 13.1 Å². The Kier molecular flexibility index (Phi) is 6.96. The molecule has 0 bridgehead atoms. The van der Waals surface area contributed by atoms with Crippen LogP contribution in [-0.2, 0) is 9.59 Å². The van der Waals surface area contributed by atoms with Crippen LogP contribution in [0.2, 0.25) is 0 Å². The van der Waals surface area contributed by atoms with Crippen molar-refractivity contribution in [2.75, 3.05) is 26.2 Å².